The zero-order valence-electron chi connectivity index (χ0n) is 9.86. The van der Waals surface area contributed by atoms with E-state index >= 15 is 0 Å². The van der Waals surface area contributed by atoms with E-state index in [1.165, 1.54) is 10.6 Å². The minimum absolute atomic E-state index is 0.124. The molecule has 0 amide bonds. The minimum Gasteiger partial charge on any atom is -0.477 e. The van der Waals surface area contributed by atoms with Gasteiger partial charge in [-0.15, -0.1) is 0 Å². The monoisotopic (exact) mass is 223 g/mol. The van der Waals surface area contributed by atoms with Crippen LogP contribution in [0.4, 0.5) is 0 Å². The van der Waals surface area contributed by atoms with Gasteiger partial charge in [0, 0.05) is 12.7 Å². The number of carboxylic acids is 1. The van der Waals surface area contributed by atoms with Crippen LogP contribution in [-0.4, -0.2) is 15.6 Å². The van der Waals surface area contributed by atoms with E-state index in [1.807, 2.05) is 0 Å². The van der Waals surface area contributed by atoms with Gasteiger partial charge in [0.2, 0.25) is 0 Å². The average Bonchev–Trinajstić information content (AvgIpc) is 2.14. The first kappa shape index (κ1) is 12.5. The Kier molecular flexibility index (Phi) is 3.52. The standard InChI is InChI=1S/C12H17NO3/c1-12(2,3)6-8-13-7-4-5-9(10(13)14)11(15)16/h4-5,7H,6,8H2,1-3H3,(H,15,16). The van der Waals surface area contributed by atoms with Gasteiger partial charge in [0.15, 0.2) is 0 Å². The van der Waals surface area contributed by atoms with E-state index in [-0.39, 0.29) is 11.0 Å². The highest BCUT2D eigenvalue weighted by Crippen LogP contribution is 2.18. The summed E-state index contributed by atoms with van der Waals surface area (Å²) >= 11 is 0. The van der Waals surface area contributed by atoms with Crippen LogP contribution >= 0.6 is 0 Å². The molecule has 0 unspecified atom stereocenters. The van der Waals surface area contributed by atoms with Gasteiger partial charge >= 0.3 is 5.97 Å². The molecule has 16 heavy (non-hydrogen) atoms. The molecule has 0 fully saturated rings. The van der Waals surface area contributed by atoms with Crippen molar-refractivity contribution in [3.8, 4) is 0 Å². The maximum atomic E-state index is 11.7. The fourth-order valence-corrected chi connectivity index (χ4v) is 1.33. The number of hydrogen-bond acceptors (Lipinski definition) is 2. The lowest BCUT2D eigenvalue weighted by Gasteiger charge is -2.18. The van der Waals surface area contributed by atoms with Crippen LogP contribution in [0.5, 0.6) is 0 Å². The molecule has 1 N–H and O–H groups in total. The second kappa shape index (κ2) is 4.51. The van der Waals surface area contributed by atoms with Crippen LogP contribution in [0.25, 0.3) is 0 Å². The van der Waals surface area contributed by atoms with E-state index in [2.05, 4.69) is 20.8 Å². The number of nitrogens with zero attached hydrogens (tertiary/aromatic N) is 1. The van der Waals surface area contributed by atoms with Gasteiger partial charge in [-0.3, -0.25) is 4.79 Å². The Hall–Kier alpha value is -1.58. The average molecular weight is 223 g/mol. The topological polar surface area (TPSA) is 59.3 Å². The molecule has 0 atom stereocenters. The van der Waals surface area contributed by atoms with Gasteiger partial charge in [-0.1, -0.05) is 20.8 Å². The summed E-state index contributed by atoms with van der Waals surface area (Å²) in [4.78, 5) is 22.5. The molecule has 0 spiro atoms. The summed E-state index contributed by atoms with van der Waals surface area (Å²) < 4.78 is 1.45. The lowest BCUT2D eigenvalue weighted by molar-refractivity contribution is 0.0694. The van der Waals surface area contributed by atoms with Crippen molar-refractivity contribution in [2.75, 3.05) is 0 Å². The van der Waals surface area contributed by atoms with Crippen LogP contribution in [0.2, 0.25) is 0 Å². The Morgan fingerprint density at radius 1 is 1.44 bits per heavy atom. The molecule has 4 heteroatoms. The summed E-state index contributed by atoms with van der Waals surface area (Å²) in [7, 11) is 0. The van der Waals surface area contributed by atoms with Crippen molar-refractivity contribution in [2.24, 2.45) is 5.41 Å². The summed E-state index contributed by atoms with van der Waals surface area (Å²) in [6.45, 7) is 6.79. The molecule has 0 radical (unpaired) electrons. The molecular weight excluding hydrogens is 206 g/mol. The van der Waals surface area contributed by atoms with Gasteiger partial charge in [0.25, 0.3) is 5.56 Å². The Morgan fingerprint density at radius 3 is 2.56 bits per heavy atom. The zero-order valence-corrected chi connectivity index (χ0v) is 9.86. The van der Waals surface area contributed by atoms with E-state index in [0.29, 0.717) is 6.54 Å². The highest BCUT2D eigenvalue weighted by molar-refractivity contribution is 5.86. The van der Waals surface area contributed by atoms with Gasteiger partial charge in [-0.05, 0) is 24.0 Å². The third-order valence-electron chi connectivity index (χ3n) is 2.35. The van der Waals surface area contributed by atoms with Crippen LogP contribution in [-0.2, 0) is 6.54 Å². The van der Waals surface area contributed by atoms with Gasteiger partial charge in [0.1, 0.15) is 5.56 Å². The highest BCUT2D eigenvalue weighted by Gasteiger charge is 2.13. The SMILES string of the molecule is CC(C)(C)CCn1cccc(C(=O)O)c1=O. The summed E-state index contributed by atoms with van der Waals surface area (Å²) in [6, 6.07) is 2.92. The van der Waals surface area contributed by atoms with E-state index in [1.54, 1.807) is 12.3 Å². The predicted molar refractivity (Wildman–Crippen MR) is 61.7 cm³/mol. The molecule has 1 heterocycles. The van der Waals surface area contributed by atoms with E-state index < -0.39 is 11.5 Å². The summed E-state index contributed by atoms with van der Waals surface area (Å²) in [5.41, 5.74) is -0.478. The number of hydrogen-bond donors (Lipinski definition) is 1. The Labute approximate surface area is 94.5 Å². The molecule has 88 valence electrons. The van der Waals surface area contributed by atoms with Crippen LogP contribution < -0.4 is 5.56 Å². The molecule has 0 aliphatic rings. The van der Waals surface area contributed by atoms with Gasteiger partial charge in [0.05, 0.1) is 0 Å². The second-order valence-electron chi connectivity index (χ2n) is 5.04. The summed E-state index contributed by atoms with van der Waals surface area (Å²) in [6.07, 6.45) is 2.45. The van der Waals surface area contributed by atoms with Crippen LogP contribution in [0.3, 0.4) is 0 Å². The molecule has 1 rings (SSSR count). The fraction of sp³-hybridized carbons (Fsp3) is 0.500. The van der Waals surface area contributed by atoms with Crippen molar-refractivity contribution in [1.29, 1.82) is 0 Å². The molecule has 0 saturated heterocycles. The molecule has 0 aliphatic heterocycles. The van der Waals surface area contributed by atoms with Crippen molar-refractivity contribution >= 4 is 5.97 Å². The number of pyridine rings is 1. The van der Waals surface area contributed by atoms with Crippen molar-refractivity contribution < 1.29 is 9.90 Å². The third-order valence-corrected chi connectivity index (χ3v) is 2.35. The molecular formula is C12H17NO3. The predicted octanol–water partition coefficient (Wildman–Crippen LogP) is 1.98. The number of carboxylic acid groups (broad SMARTS) is 1. The van der Waals surface area contributed by atoms with E-state index in [4.69, 9.17) is 5.11 Å². The molecule has 4 nitrogen and oxygen atoms in total. The van der Waals surface area contributed by atoms with Crippen molar-refractivity contribution in [2.45, 2.75) is 33.7 Å². The van der Waals surface area contributed by atoms with Crippen LogP contribution in [0.15, 0.2) is 23.1 Å². The van der Waals surface area contributed by atoms with Crippen molar-refractivity contribution in [1.82, 2.24) is 4.57 Å². The van der Waals surface area contributed by atoms with Gasteiger partial charge in [-0.25, -0.2) is 4.79 Å². The molecule has 1 aromatic rings. The lowest BCUT2D eigenvalue weighted by atomic mass is 9.92. The maximum Gasteiger partial charge on any atom is 0.341 e. The van der Waals surface area contributed by atoms with Gasteiger partial charge < -0.3 is 9.67 Å². The van der Waals surface area contributed by atoms with E-state index in [9.17, 15) is 9.59 Å². The number of aromatic nitrogens is 1. The highest BCUT2D eigenvalue weighted by atomic mass is 16.4. The normalized spacial score (nSPS) is 11.4. The van der Waals surface area contributed by atoms with E-state index in [0.717, 1.165) is 6.42 Å². The largest absolute Gasteiger partial charge is 0.477 e. The van der Waals surface area contributed by atoms with Crippen LogP contribution in [0, 0.1) is 5.41 Å². The summed E-state index contributed by atoms with van der Waals surface area (Å²) in [5, 5.41) is 8.80. The van der Waals surface area contributed by atoms with Crippen LogP contribution in [0.1, 0.15) is 37.6 Å². The quantitative estimate of drug-likeness (QED) is 0.852. The second-order valence-corrected chi connectivity index (χ2v) is 5.04. The number of carbonyl (C=O) groups is 1. The van der Waals surface area contributed by atoms with Gasteiger partial charge in [-0.2, -0.15) is 0 Å². The minimum atomic E-state index is -1.17. The smallest absolute Gasteiger partial charge is 0.341 e. The molecule has 1 aromatic heterocycles. The molecule has 0 aromatic carbocycles. The first-order valence-corrected chi connectivity index (χ1v) is 5.24. The van der Waals surface area contributed by atoms with Crippen molar-refractivity contribution in [3.63, 3.8) is 0 Å². The first-order valence-electron chi connectivity index (χ1n) is 5.24. The molecule has 0 bridgehead atoms. The molecule has 0 aliphatic carbocycles. The first-order chi connectivity index (χ1) is 7.31. The Balaban J connectivity index is 2.95. The number of aryl methyl sites for hydroxylation is 1. The van der Waals surface area contributed by atoms with Crippen molar-refractivity contribution in [3.05, 3.63) is 34.2 Å². The maximum absolute atomic E-state index is 11.7. The Bertz CT molecular complexity index is 440. The number of aromatic carboxylic acids is 1. The fourth-order valence-electron chi connectivity index (χ4n) is 1.33. The third kappa shape index (κ3) is 3.22. The molecule has 0 saturated carbocycles. The number of rotatable bonds is 3. The zero-order chi connectivity index (χ0) is 12.3. The Morgan fingerprint density at radius 2 is 2.06 bits per heavy atom. The summed E-state index contributed by atoms with van der Waals surface area (Å²) in [5.74, 6) is -1.17. The lowest BCUT2D eigenvalue weighted by Crippen LogP contribution is -2.27.